The standard InChI is InChI=1S/C16H17NO4S2/c1-21-9-13(16(19)20)17-15(18)12-6-2-3-7-14(12)23-10-11-5-4-8-22-11/h2-8,13H,9-10H2,1H3,(H,17,18)(H,19,20). The number of thiophene rings is 1. The zero-order valence-electron chi connectivity index (χ0n) is 12.5. The van der Waals surface area contributed by atoms with Crippen LogP contribution in [0.25, 0.3) is 0 Å². The topological polar surface area (TPSA) is 75.6 Å². The summed E-state index contributed by atoms with van der Waals surface area (Å²) < 4.78 is 4.83. The van der Waals surface area contributed by atoms with Crippen molar-refractivity contribution in [2.24, 2.45) is 0 Å². The van der Waals surface area contributed by atoms with E-state index in [2.05, 4.69) is 5.32 Å². The monoisotopic (exact) mass is 351 g/mol. The van der Waals surface area contributed by atoms with Crippen molar-refractivity contribution < 1.29 is 19.4 Å². The lowest BCUT2D eigenvalue weighted by atomic mass is 10.2. The molecule has 0 spiro atoms. The number of amides is 1. The molecular weight excluding hydrogens is 334 g/mol. The Hall–Kier alpha value is -1.83. The Morgan fingerprint density at radius 1 is 1.30 bits per heavy atom. The van der Waals surface area contributed by atoms with Gasteiger partial charge in [-0.2, -0.15) is 0 Å². The summed E-state index contributed by atoms with van der Waals surface area (Å²) in [7, 11) is 1.40. The smallest absolute Gasteiger partial charge is 0.328 e. The van der Waals surface area contributed by atoms with Crippen LogP contribution >= 0.6 is 23.1 Å². The van der Waals surface area contributed by atoms with Gasteiger partial charge in [0.05, 0.1) is 12.2 Å². The predicted octanol–water partition coefficient (Wildman–Crippen LogP) is 2.87. The fourth-order valence-corrected chi connectivity index (χ4v) is 3.72. The van der Waals surface area contributed by atoms with Crippen molar-refractivity contribution in [2.45, 2.75) is 16.7 Å². The first kappa shape index (κ1) is 17.5. The Kier molecular flexibility index (Phi) is 6.64. The highest BCUT2D eigenvalue weighted by molar-refractivity contribution is 7.98. The number of hydrogen-bond acceptors (Lipinski definition) is 5. The Bertz CT molecular complexity index is 658. The van der Waals surface area contributed by atoms with Crippen LogP contribution in [0.4, 0.5) is 0 Å². The number of carboxylic acids is 1. The maximum atomic E-state index is 12.4. The molecule has 2 rings (SSSR count). The van der Waals surface area contributed by atoms with Crippen LogP contribution in [-0.4, -0.2) is 36.7 Å². The van der Waals surface area contributed by atoms with E-state index in [1.165, 1.54) is 12.0 Å². The van der Waals surface area contributed by atoms with E-state index >= 15 is 0 Å². The molecule has 0 fully saturated rings. The molecule has 0 aliphatic rings. The van der Waals surface area contributed by atoms with Gasteiger partial charge in [-0.25, -0.2) is 4.79 Å². The van der Waals surface area contributed by atoms with Crippen molar-refractivity contribution in [1.82, 2.24) is 5.32 Å². The fourth-order valence-electron chi connectivity index (χ4n) is 1.90. The molecule has 1 heterocycles. The van der Waals surface area contributed by atoms with Crippen LogP contribution in [0.3, 0.4) is 0 Å². The second-order valence-corrected chi connectivity index (χ2v) is 6.73. The van der Waals surface area contributed by atoms with Crippen LogP contribution < -0.4 is 5.32 Å². The van der Waals surface area contributed by atoms with Gasteiger partial charge in [-0.05, 0) is 23.6 Å². The summed E-state index contributed by atoms with van der Waals surface area (Å²) in [5.41, 5.74) is 0.469. The average Bonchev–Trinajstić information content (AvgIpc) is 3.06. The summed E-state index contributed by atoms with van der Waals surface area (Å²) >= 11 is 3.21. The van der Waals surface area contributed by atoms with Gasteiger partial charge in [0.1, 0.15) is 0 Å². The molecule has 2 aromatic rings. The van der Waals surface area contributed by atoms with Crippen LogP contribution in [0.5, 0.6) is 0 Å². The zero-order valence-corrected chi connectivity index (χ0v) is 14.2. The Morgan fingerprint density at radius 2 is 2.09 bits per heavy atom. The quantitative estimate of drug-likeness (QED) is 0.715. The second kappa shape index (κ2) is 8.71. The lowest BCUT2D eigenvalue weighted by Gasteiger charge is -2.15. The number of benzene rings is 1. The summed E-state index contributed by atoms with van der Waals surface area (Å²) in [6, 6.07) is 10.1. The van der Waals surface area contributed by atoms with Gasteiger partial charge in [-0.1, -0.05) is 18.2 Å². The molecular formula is C16H17NO4S2. The number of carbonyl (C=O) groups excluding carboxylic acids is 1. The fraction of sp³-hybridized carbons (Fsp3) is 0.250. The molecule has 0 saturated carbocycles. The zero-order chi connectivity index (χ0) is 16.7. The number of ether oxygens (including phenoxy) is 1. The Morgan fingerprint density at radius 3 is 2.74 bits per heavy atom. The molecule has 23 heavy (non-hydrogen) atoms. The Labute approximate surface area is 142 Å². The molecule has 1 amide bonds. The van der Waals surface area contributed by atoms with E-state index in [-0.39, 0.29) is 6.61 Å². The molecule has 0 bridgehead atoms. The summed E-state index contributed by atoms with van der Waals surface area (Å²) in [5, 5.41) is 13.6. The molecule has 0 aliphatic heterocycles. The molecule has 5 nitrogen and oxygen atoms in total. The Balaban J connectivity index is 2.08. The van der Waals surface area contributed by atoms with Crippen molar-refractivity contribution >= 4 is 35.0 Å². The van der Waals surface area contributed by atoms with Gasteiger partial charge < -0.3 is 15.2 Å². The van der Waals surface area contributed by atoms with Gasteiger partial charge in [0.2, 0.25) is 0 Å². The first-order valence-corrected chi connectivity index (χ1v) is 8.75. The second-order valence-electron chi connectivity index (χ2n) is 4.68. The van der Waals surface area contributed by atoms with E-state index in [9.17, 15) is 9.59 Å². The molecule has 1 aromatic heterocycles. The SMILES string of the molecule is COCC(NC(=O)c1ccccc1SCc1cccs1)C(=O)O. The maximum Gasteiger partial charge on any atom is 0.328 e. The van der Waals surface area contributed by atoms with Gasteiger partial charge in [-0.3, -0.25) is 4.79 Å². The van der Waals surface area contributed by atoms with E-state index < -0.39 is 17.9 Å². The summed E-state index contributed by atoms with van der Waals surface area (Å²) in [4.78, 5) is 25.5. The number of nitrogens with one attached hydrogen (secondary N) is 1. The third-order valence-electron chi connectivity index (χ3n) is 3.02. The predicted molar refractivity (Wildman–Crippen MR) is 91.1 cm³/mol. The van der Waals surface area contributed by atoms with Gasteiger partial charge in [0.25, 0.3) is 5.91 Å². The molecule has 7 heteroatoms. The molecule has 0 saturated heterocycles. The van der Waals surface area contributed by atoms with E-state index in [0.717, 1.165) is 10.6 Å². The number of aliphatic carboxylic acids is 1. The first-order chi connectivity index (χ1) is 11.1. The average molecular weight is 351 g/mol. The number of carboxylic acid groups (broad SMARTS) is 1. The number of thioether (sulfide) groups is 1. The minimum absolute atomic E-state index is 0.0778. The first-order valence-electron chi connectivity index (χ1n) is 6.88. The van der Waals surface area contributed by atoms with Gasteiger partial charge >= 0.3 is 5.97 Å². The van der Waals surface area contributed by atoms with Crippen molar-refractivity contribution in [3.63, 3.8) is 0 Å². The van der Waals surface area contributed by atoms with Crippen molar-refractivity contribution in [3.8, 4) is 0 Å². The molecule has 1 aromatic carbocycles. The summed E-state index contributed by atoms with van der Waals surface area (Å²) in [6.45, 7) is -0.0778. The normalized spacial score (nSPS) is 11.9. The van der Waals surface area contributed by atoms with E-state index in [1.807, 2.05) is 29.6 Å². The van der Waals surface area contributed by atoms with E-state index in [1.54, 1.807) is 35.2 Å². The molecule has 122 valence electrons. The lowest BCUT2D eigenvalue weighted by Crippen LogP contribution is -2.43. The van der Waals surface area contributed by atoms with Crippen molar-refractivity contribution in [1.29, 1.82) is 0 Å². The van der Waals surface area contributed by atoms with Gasteiger partial charge in [0.15, 0.2) is 6.04 Å². The van der Waals surface area contributed by atoms with Crippen LogP contribution in [0.2, 0.25) is 0 Å². The summed E-state index contributed by atoms with van der Waals surface area (Å²) in [6.07, 6.45) is 0. The van der Waals surface area contributed by atoms with Gasteiger partial charge in [-0.15, -0.1) is 23.1 Å². The number of rotatable bonds is 8. The van der Waals surface area contributed by atoms with Crippen molar-refractivity contribution in [3.05, 3.63) is 52.2 Å². The molecule has 0 radical (unpaired) electrons. The largest absolute Gasteiger partial charge is 0.480 e. The van der Waals surface area contributed by atoms with Crippen LogP contribution in [0, 0.1) is 0 Å². The lowest BCUT2D eigenvalue weighted by molar-refractivity contribution is -0.140. The van der Waals surface area contributed by atoms with Gasteiger partial charge in [0, 0.05) is 22.6 Å². The number of carbonyl (C=O) groups is 2. The number of hydrogen-bond donors (Lipinski definition) is 2. The van der Waals surface area contributed by atoms with Crippen LogP contribution in [0.1, 0.15) is 15.2 Å². The third-order valence-corrected chi connectivity index (χ3v) is 5.20. The minimum atomic E-state index is -1.12. The molecule has 1 unspecified atom stereocenters. The van der Waals surface area contributed by atoms with E-state index in [0.29, 0.717) is 5.56 Å². The molecule has 2 N–H and O–H groups in total. The minimum Gasteiger partial charge on any atom is -0.480 e. The highest BCUT2D eigenvalue weighted by Crippen LogP contribution is 2.27. The van der Waals surface area contributed by atoms with Crippen LogP contribution in [0.15, 0.2) is 46.7 Å². The third kappa shape index (κ3) is 5.09. The molecule has 1 atom stereocenters. The van der Waals surface area contributed by atoms with E-state index in [4.69, 9.17) is 9.84 Å². The van der Waals surface area contributed by atoms with Crippen LogP contribution in [-0.2, 0) is 15.3 Å². The molecule has 0 aliphatic carbocycles. The maximum absolute atomic E-state index is 12.4. The number of methoxy groups -OCH3 is 1. The summed E-state index contributed by atoms with van der Waals surface area (Å²) in [5.74, 6) is -0.768. The van der Waals surface area contributed by atoms with Crippen molar-refractivity contribution in [2.75, 3.05) is 13.7 Å². The highest BCUT2D eigenvalue weighted by Gasteiger charge is 2.21. The highest BCUT2D eigenvalue weighted by atomic mass is 32.2.